The van der Waals surface area contributed by atoms with Gasteiger partial charge in [0.1, 0.15) is 0 Å². The molecule has 110 valence electrons. The Morgan fingerprint density at radius 3 is 2.70 bits per heavy atom. The third kappa shape index (κ3) is 3.79. The molecule has 1 aliphatic rings. The van der Waals surface area contributed by atoms with Gasteiger partial charge in [-0.25, -0.2) is 0 Å². The average molecular weight is 278 g/mol. The number of β-amino-alcohol motifs (C(OH)–C–C–N with tert-alkyl or cyclic N) is 1. The molecule has 5 nitrogen and oxygen atoms in total. The molecule has 2 rings (SSSR count). The SMILES string of the molecule is COCc1cccc(C(=O)N2CCN(CCO)CC2)c1. The zero-order valence-corrected chi connectivity index (χ0v) is 11.9. The van der Waals surface area contributed by atoms with Gasteiger partial charge in [-0.2, -0.15) is 0 Å². The predicted molar refractivity (Wildman–Crippen MR) is 76.6 cm³/mol. The number of aliphatic hydroxyl groups is 1. The van der Waals surface area contributed by atoms with Crippen LogP contribution in [0.1, 0.15) is 15.9 Å². The van der Waals surface area contributed by atoms with E-state index in [0.29, 0.717) is 26.2 Å². The van der Waals surface area contributed by atoms with E-state index in [-0.39, 0.29) is 12.5 Å². The third-order valence-electron chi connectivity index (χ3n) is 3.56. The lowest BCUT2D eigenvalue weighted by molar-refractivity contribution is 0.0614. The molecular weight excluding hydrogens is 256 g/mol. The standard InChI is InChI=1S/C15H22N2O3/c1-20-12-13-3-2-4-14(11-13)15(19)17-7-5-16(6-8-17)9-10-18/h2-4,11,18H,5-10,12H2,1H3. The van der Waals surface area contributed by atoms with Crippen LogP contribution < -0.4 is 0 Å². The highest BCUT2D eigenvalue weighted by atomic mass is 16.5. The Balaban J connectivity index is 1.96. The summed E-state index contributed by atoms with van der Waals surface area (Å²) >= 11 is 0. The lowest BCUT2D eigenvalue weighted by atomic mass is 10.1. The second-order valence-electron chi connectivity index (χ2n) is 4.99. The number of rotatable bonds is 5. The molecule has 1 heterocycles. The normalized spacial score (nSPS) is 16.4. The fourth-order valence-electron chi connectivity index (χ4n) is 2.46. The summed E-state index contributed by atoms with van der Waals surface area (Å²) in [7, 11) is 1.65. The summed E-state index contributed by atoms with van der Waals surface area (Å²) in [6.45, 7) is 4.46. The molecule has 0 aromatic heterocycles. The molecule has 0 spiro atoms. The molecule has 0 atom stereocenters. The molecule has 1 aliphatic heterocycles. The maximum Gasteiger partial charge on any atom is 0.253 e. The number of carbonyl (C=O) groups is 1. The van der Waals surface area contributed by atoms with Crippen molar-refractivity contribution in [2.75, 3.05) is 46.4 Å². The van der Waals surface area contributed by atoms with Crippen LogP contribution in [0.4, 0.5) is 0 Å². The lowest BCUT2D eigenvalue weighted by Gasteiger charge is -2.34. The maximum absolute atomic E-state index is 12.4. The van der Waals surface area contributed by atoms with Gasteiger partial charge in [0.2, 0.25) is 0 Å². The number of methoxy groups -OCH3 is 1. The quantitative estimate of drug-likeness (QED) is 0.856. The van der Waals surface area contributed by atoms with Gasteiger partial charge in [-0.1, -0.05) is 12.1 Å². The highest BCUT2D eigenvalue weighted by Crippen LogP contribution is 2.11. The first kappa shape index (κ1) is 15.0. The number of amides is 1. The van der Waals surface area contributed by atoms with Crippen LogP contribution in [0.2, 0.25) is 0 Å². The largest absolute Gasteiger partial charge is 0.395 e. The van der Waals surface area contributed by atoms with Gasteiger partial charge in [-0.3, -0.25) is 9.69 Å². The van der Waals surface area contributed by atoms with E-state index in [4.69, 9.17) is 9.84 Å². The van der Waals surface area contributed by atoms with Crippen molar-refractivity contribution in [2.24, 2.45) is 0 Å². The van der Waals surface area contributed by atoms with Crippen LogP contribution in [0.5, 0.6) is 0 Å². The number of nitrogens with zero attached hydrogens (tertiary/aromatic N) is 2. The molecule has 0 radical (unpaired) electrons. The fraction of sp³-hybridized carbons (Fsp3) is 0.533. The van der Waals surface area contributed by atoms with E-state index in [2.05, 4.69) is 4.90 Å². The van der Waals surface area contributed by atoms with E-state index in [0.717, 1.165) is 24.2 Å². The molecule has 5 heteroatoms. The zero-order valence-electron chi connectivity index (χ0n) is 11.9. The minimum atomic E-state index is 0.0756. The molecule has 0 saturated carbocycles. The van der Waals surface area contributed by atoms with Gasteiger partial charge >= 0.3 is 0 Å². The molecule has 1 aromatic carbocycles. The summed E-state index contributed by atoms with van der Waals surface area (Å²) in [6.07, 6.45) is 0. The van der Waals surface area contributed by atoms with Gasteiger partial charge in [0.05, 0.1) is 13.2 Å². The van der Waals surface area contributed by atoms with Gasteiger partial charge in [-0.15, -0.1) is 0 Å². The number of hydrogen-bond acceptors (Lipinski definition) is 4. The number of hydrogen-bond donors (Lipinski definition) is 1. The first-order valence-corrected chi connectivity index (χ1v) is 6.95. The highest BCUT2D eigenvalue weighted by molar-refractivity contribution is 5.94. The monoisotopic (exact) mass is 278 g/mol. The van der Waals surface area contributed by atoms with Crippen molar-refractivity contribution < 1.29 is 14.6 Å². The molecular formula is C15H22N2O3. The number of benzene rings is 1. The molecule has 1 saturated heterocycles. The number of ether oxygens (including phenoxy) is 1. The number of piperazine rings is 1. The summed E-state index contributed by atoms with van der Waals surface area (Å²) in [5.41, 5.74) is 1.73. The van der Waals surface area contributed by atoms with Crippen molar-refractivity contribution in [3.05, 3.63) is 35.4 Å². The summed E-state index contributed by atoms with van der Waals surface area (Å²) in [4.78, 5) is 16.5. The zero-order chi connectivity index (χ0) is 14.4. The van der Waals surface area contributed by atoms with E-state index in [9.17, 15) is 4.79 Å². The number of aliphatic hydroxyl groups excluding tert-OH is 1. The number of carbonyl (C=O) groups excluding carboxylic acids is 1. The van der Waals surface area contributed by atoms with Crippen molar-refractivity contribution in [3.63, 3.8) is 0 Å². The molecule has 1 fully saturated rings. The van der Waals surface area contributed by atoms with Crippen molar-refractivity contribution in [3.8, 4) is 0 Å². The Labute approximate surface area is 119 Å². The Morgan fingerprint density at radius 2 is 2.05 bits per heavy atom. The molecule has 0 bridgehead atoms. The van der Waals surface area contributed by atoms with Gasteiger partial charge in [0.25, 0.3) is 5.91 Å². The minimum Gasteiger partial charge on any atom is -0.395 e. The topological polar surface area (TPSA) is 53.0 Å². The Bertz CT molecular complexity index is 442. The first-order chi connectivity index (χ1) is 9.74. The first-order valence-electron chi connectivity index (χ1n) is 6.95. The summed E-state index contributed by atoms with van der Waals surface area (Å²) in [6, 6.07) is 7.59. The van der Waals surface area contributed by atoms with E-state index >= 15 is 0 Å². The van der Waals surface area contributed by atoms with Crippen LogP contribution in [-0.2, 0) is 11.3 Å². The minimum absolute atomic E-state index is 0.0756. The van der Waals surface area contributed by atoms with Crippen molar-refractivity contribution in [2.45, 2.75) is 6.61 Å². The van der Waals surface area contributed by atoms with Crippen LogP contribution in [-0.4, -0.2) is 67.3 Å². The third-order valence-corrected chi connectivity index (χ3v) is 3.56. The summed E-state index contributed by atoms with van der Waals surface area (Å²) in [5, 5.41) is 8.92. The van der Waals surface area contributed by atoms with Crippen LogP contribution in [0.15, 0.2) is 24.3 Å². The van der Waals surface area contributed by atoms with Crippen molar-refractivity contribution >= 4 is 5.91 Å². The molecule has 1 aromatic rings. The second-order valence-corrected chi connectivity index (χ2v) is 4.99. The Hall–Kier alpha value is -1.43. The van der Waals surface area contributed by atoms with Crippen molar-refractivity contribution in [1.29, 1.82) is 0 Å². The van der Waals surface area contributed by atoms with Gasteiger partial charge in [0.15, 0.2) is 0 Å². The van der Waals surface area contributed by atoms with Crippen LogP contribution in [0.3, 0.4) is 0 Å². The molecule has 0 unspecified atom stereocenters. The van der Waals surface area contributed by atoms with E-state index in [1.165, 1.54) is 0 Å². The maximum atomic E-state index is 12.4. The molecule has 0 aliphatic carbocycles. The van der Waals surface area contributed by atoms with Crippen LogP contribution in [0, 0.1) is 0 Å². The van der Waals surface area contributed by atoms with Gasteiger partial charge in [0, 0.05) is 45.4 Å². The van der Waals surface area contributed by atoms with Gasteiger partial charge in [-0.05, 0) is 17.7 Å². The average Bonchev–Trinajstić information content (AvgIpc) is 2.48. The Kier molecular flexibility index (Phi) is 5.52. The highest BCUT2D eigenvalue weighted by Gasteiger charge is 2.21. The lowest BCUT2D eigenvalue weighted by Crippen LogP contribution is -2.49. The van der Waals surface area contributed by atoms with Crippen LogP contribution >= 0.6 is 0 Å². The van der Waals surface area contributed by atoms with E-state index in [1.54, 1.807) is 7.11 Å². The van der Waals surface area contributed by atoms with Gasteiger partial charge < -0.3 is 14.7 Å². The predicted octanol–water partition coefficient (Wildman–Crippen LogP) is 0.583. The molecule has 1 N–H and O–H groups in total. The Morgan fingerprint density at radius 1 is 1.30 bits per heavy atom. The van der Waals surface area contributed by atoms with E-state index < -0.39 is 0 Å². The summed E-state index contributed by atoms with van der Waals surface area (Å²) < 4.78 is 5.09. The summed E-state index contributed by atoms with van der Waals surface area (Å²) in [5.74, 6) is 0.0756. The molecule has 1 amide bonds. The molecule has 20 heavy (non-hydrogen) atoms. The van der Waals surface area contributed by atoms with E-state index in [1.807, 2.05) is 29.2 Å². The smallest absolute Gasteiger partial charge is 0.253 e. The van der Waals surface area contributed by atoms with Crippen molar-refractivity contribution in [1.82, 2.24) is 9.80 Å². The fourth-order valence-corrected chi connectivity index (χ4v) is 2.46. The van der Waals surface area contributed by atoms with Crippen LogP contribution in [0.25, 0.3) is 0 Å². The second kappa shape index (κ2) is 7.38.